The second kappa shape index (κ2) is 6.14. The van der Waals surface area contributed by atoms with E-state index in [1.807, 2.05) is 32.9 Å². The maximum atomic E-state index is 13.2. The summed E-state index contributed by atoms with van der Waals surface area (Å²) in [6, 6.07) is 6.62. The molecule has 1 aliphatic rings. The number of hydrogen-bond acceptors (Lipinski definition) is 2. The van der Waals surface area contributed by atoms with Gasteiger partial charge in [-0.3, -0.25) is 4.79 Å². The van der Waals surface area contributed by atoms with Gasteiger partial charge in [0.2, 0.25) is 5.91 Å². The molecule has 0 bridgehead atoms. The standard InChI is InChI=1S/C17H24FNO2/c1-16(2,3)15(20)19-12-17(8-10-21-11-9-17)13-4-6-14(18)7-5-13/h4-7H,8-12H2,1-3H3,(H,19,20). The largest absolute Gasteiger partial charge is 0.381 e. The topological polar surface area (TPSA) is 38.3 Å². The molecule has 0 spiro atoms. The fraction of sp³-hybridized carbons (Fsp3) is 0.588. The summed E-state index contributed by atoms with van der Waals surface area (Å²) in [7, 11) is 0. The van der Waals surface area contributed by atoms with E-state index >= 15 is 0 Å². The zero-order valence-electron chi connectivity index (χ0n) is 13.0. The van der Waals surface area contributed by atoms with E-state index in [4.69, 9.17) is 4.74 Å². The highest BCUT2D eigenvalue weighted by Crippen LogP contribution is 2.34. The van der Waals surface area contributed by atoms with Crippen molar-refractivity contribution in [3.8, 4) is 0 Å². The van der Waals surface area contributed by atoms with Crippen LogP contribution in [0.4, 0.5) is 4.39 Å². The lowest BCUT2D eigenvalue weighted by molar-refractivity contribution is -0.129. The first-order valence-corrected chi connectivity index (χ1v) is 7.46. The Morgan fingerprint density at radius 2 is 1.81 bits per heavy atom. The Balaban J connectivity index is 2.17. The highest BCUT2D eigenvalue weighted by Gasteiger charge is 2.35. The molecule has 0 unspecified atom stereocenters. The molecule has 1 aromatic carbocycles. The zero-order chi connectivity index (χ0) is 15.5. The summed E-state index contributed by atoms with van der Waals surface area (Å²) in [6.45, 7) is 7.61. The first-order chi connectivity index (χ1) is 9.83. The molecule has 1 aromatic rings. The van der Waals surface area contributed by atoms with Crippen LogP contribution in [0.25, 0.3) is 0 Å². The van der Waals surface area contributed by atoms with Gasteiger partial charge in [0.15, 0.2) is 0 Å². The molecule has 0 radical (unpaired) electrons. The smallest absolute Gasteiger partial charge is 0.225 e. The molecule has 1 saturated heterocycles. The average molecular weight is 293 g/mol. The number of carbonyl (C=O) groups is 1. The van der Waals surface area contributed by atoms with Crippen molar-refractivity contribution in [1.29, 1.82) is 0 Å². The van der Waals surface area contributed by atoms with Gasteiger partial charge in [-0.2, -0.15) is 0 Å². The predicted octanol–water partition coefficient (Wildman–Crippen LogP) is 3.04. The van der Waals surface area contributed by atoms with Crippen LogP contribution >= 0.6 is 0 Å². The van der Waals surface area contributed by atoms with E-state index in [-0.39, 0.29) is 17.1 Å². The van der Waals surface area contributed by atoms with Crippen molar-refractivity contribution in [1.82, 2.24) is 5.32 Å². The molecule has 3 nitrogen and oxygen atoms in total. The molecular weight excluding hydrogens is 269 g/mol. The molecule has 1 heterocycles. The van der Waals surface area contributed by atoms with Crippen LogP contribution in [0.5, 0.6) is 0 Å². The summed E-state index contributed by atoms with van der Waals surface area (Å²) >= 11 is 0. The molecule has 2 rings (SSSR count). The summed E-state index contributed by atoms with van der Waals surface area (Å²) in [4.78, 5) is 12.1. The Labute approximate surface area is 125 Å². The third kappa shape index (κ3) is 3.82. The molecule has 1 aliphatic heterocycles. The van der Waals surface area contributed by atoms with E-state index in [0.717, 1.165) is 18.4 Å². The lowest BCUT2D eigenvalue weighted by Crippen LogP contribution is -2.47. The van der Waals surface area contributed by atoms with Crippen molar-refractivity contribution < 1.29 is 13.9 Å². The third-order valence-electron chi connectivity index (χ3n) is 4.18. The van der Waals surface area contributed by atoms with Crippen molar-refractivity contribution in [2.45, 2.75) is 39.0 Å². The molecule has 1 N–H and O–H groups in total. The normalized spacial score (nSPS) is 18.3. The number of amides is 1. The van der Waals surface area contributed by atoms with Gasteiger partial charge in [0.25, 0.3) is 0 Å². The molecule has 116 valence electrons. The van der Waals surface area contributed by atoms with Crippen LogP contribution in [-0.2, 0) is 14.9 Å². The number of benzene rings is 1. The van der Waals surface area contributed by atoms with Crippen molar-refractivity contribution in [3.63, 3.8) is 0 Å². The maximum Gasteiger partial charge on any atom is 0.225 e. The Morgan fingerprint density at radius 1 is 1.24 bits per heavy atom. The van der Waals surface area contributed by atoms with Crippen molar-refractivity contribution >= 4 is 5.91 Å². The summed E-state index contributed by atoms with van der Waals surface area (Å²) in [6.07, 6.45) is 1.67. The minimum absolute atomic E-state index is 0.0375. The van der Waals surface area contributed by atoms with Crippen LogP contribution in [0.1, 0.15) is 39.2 Å². The summed E-state index contributed by atoms with van der Waals surface area (Å²) < 4.78 is 18.6. The molecule has 0 saturated carbocycles. The van der Waals surface area contributed by atoms with E-state index in [2.05, 4.69) is 5.32 Å². The van der Waals surface area contributed by atoms with Crippen molar-refractivity contribution in [2.24, 2.45) is 5.41 Å². The van der Waals surface area contributed by atoms with E-state index in [1.165, 1.54) is 12.1 Å². The van der Waals surface area contributed by atoms with Crippen LogP contribution in [0.3, 0.4) is 0 Å². The van der Waals surface area contributed by atoms with Gasteiger partial charge in [-0.25, -0.2) is 4.39 Å². The Morgan fingerprint density at radius 3 is 2.33 bits per heavy atom. The van der Waals surface area contributed by atoms with Crippen LogP contribution in [0, 0.1) is 11.2 Å². The SMILES string of the molecule is CC(C)(C)C(=O)NCC1(c2ccc(F)cc2)CCOCC1. The molecule has 0 aromatic heterocycles. The second-order valence-corrected chi connectivity index (χ2v) is 6.83. The summed E-state index contributed by atoms with van der Waals surface area (Å²) in [5.74, 6) is -0.199. The van der Waals surface area contributed by atoms with Crippen molar-refractivity contribution in [2.75, 3.05) is 19.8 Å². The molecule has 4 heteroatoms. The van der Waals surface area contributed by atoms with Gasteiger partial charge in [-0.15, -0.1) is 0 Å². The number of hydrogen-bond donors (Lipinski definition) is 1. The van der Waals surface area contributed by atoms with Crippen molar-refractivity contribution in [3.05, 3.63) is 35.6 Å². The number of ether oxygens (including phenoxy) is 1. The van der Waals surface area contributed by atoms with E-state index < -0.39 is 5.41 Å². The summed E-state index contributed by atoms with van der Waals surface area (Å²) in [5, 5.41) is 3.06. The summed E-state index contributed by atoms with van der Waals surface area (Å²) in [5.41, 5.74) is 0.503. The quantitative estimate of drug-likeness (QED) is 0.930. The Hall–Kier alpha value is -1.42. The lowest BCUT2D eigenvalue weighted by atomic mass is 9.74. The lowest BCUT2D eigenvalue weighted by Gasteiger charge is -2.38. The van der Waals surface area contributed by atoms with Crippen LogP contribution in [-0.4, -0.2) is 25.7 Å². The molecule has 1 amide bonds. The Bertz CT molecular complexity index is 485. The Kier molecular flexibility index (Phi) is 4.67. The number of rotatable bonds is 3. The highest BCUT2D eigenvalue weighted by atomic mass is 19.1. The minimum atomic E-state index is -0.408. The van der Waals surface area contributed by atoms with Gasteiger partial charge in [-0.05, 0) is 30.5 Å². The number of nitrogens with one attached hydrogen (secondary N) is 1. The third-order valence-corrected chi connectivity index (χ3v) is 4.18. The van der Waals surface area contributed by atoms with Crippen LogP contribution < -0.4 is 5.32 Å². The molecular formula is C17H24FNO2. The van der Waals surface area contributed by atoms with Crippen LogP contribution in [0.15, 0.2) is 24.3 Å². The van der Waals surface area contributed by atoms with Gasteiger partial charge in [0.05, 0.1) is 0 Å². The number of carbonyl (C=O) groups excluding carboxylic acids is 1. The predicted molar refractivity (Wildman–Crippen MR) is 80.6 cm³/mol. The van der Waals surface area contributed by atoms with E-state index in [1.54, 1.807) is 0 Å². The van der Waals surface area contributed by atoms with Gasteiger partial charge >= 0.3 is 0 Å². The number of halogens is 1. The molecule has 0 atom stereocenters. The average Bonchev–Trinajstić information content (AvgIpc) is 2.45. The minimum Gasteiger partial charge on any atom is -0.381 e. The van der Waals surface area contributed by atoms with Gasteiger partial charge in [-0.1, -0.05) is 32.9 Å². The zero-order valence-corrected chi connectivity index (χ0v) is 13.0. The molecule has 1 fully saturated rings. The molecule has 21 heavy (non-hydrogen) atoms. The van der Waals surface area contributed by atoms with Crippen LogP contribution in [0.2, 0.25) is 0 Å². The van der Waals surface area contributed by atoms with E-state index in [9.17, 15) is 9.18 Å². The van der Waals surface area contributed by atoms with Gasteiger partial charge in [0, 0.05) is 30.6 Å². The first-order valence-electron chi connectivity index (χ1n) is 7.46. The fourth-order valence-electron chi connectivity index (χ4n) is 2.65. The highest BCUT2D eigenvalue weighted by molar-refractivity contribution is 5.81. The monoisotopic (exact) mass is 293 g/mol. The maximum absolute atomic E-state index is 13.2. The van der Waals surface area contributed by atoms with E-state index in [0.29, 0.717) is 19.8 Å². The fourth-order valence-corrected chi connectivity index (χ4v) is 2.65. The van der Waals surface area contributed by atoms with Gasteiger partial charge < -0.3 is 10.1 Å². The molecule has 0 aliphatic carbocycles. The van der Waals surface area contributed by atoms with Gasteiger partial charge in [0.1, 0.15) is 5.82 Å². The first kappa shape index (κ1) is 16.0. The second-order valence-electron chi connectivity index (χ2n) is 6.83.